The van der Waals surface area contributed by atoms with Crippen molar-refractivity contribution in [3.8, 4) is 0 Å². The minimum Gasteiger partial charge on any atom is -0.321 e. The zero-order chi connectivity index (χ0) is 14.0. The molecule has 2 rings (SSSR count). The van der Waals surface area contributed by atoms with Gasteiger partial charge in [0.2, 0.25) is 0 Å². The summed E-state index contributed by atoms with van der Waals surface area (Å²) in [6.45, 7) is 1.79. The highest BCUT2D eigenvalue weighted by molar-refractivity contribution is 6.03. The number of benzene rings is 1. The molecule has 0 fully saturated rings. The van der Waals surface area contributed by atoms with Gasteiger partial charge in [0.05, 0.1) is 10.6 Å². The molecule has 1 heterocycles. The van der Waals surface area contributed by atoms with Crippen molar-refractivity contribution in [1.82, 2.24) is 9.78 Å². The molecule has 7 heteroatoms. The van der Waals surface area contributed by atoms with Crippen molar-refractivity contribution in [3.63, 3.8) is 0 Å². The van der Waals surface area contributed by atoms with Gasteiger partial charge in [-0.05, 0) is 25.1 Å². The number of anilines is 1. The van der Waals surface area contributed by atoms with E-state index in [0.717, 1.165) is 5.69 Å². The number of nitrogens with one attached hydrogen (secondary N) is 1. The molecule has 1 N–H and O–H groups in total. The summed E-state index contributed by atoms with van der Waals surface area (Å²) in [5.74, 6) is -0.308. The number of aromatic nitrogens is 2. The molecule has 0 saturated heterocycles. The van der Waals surface area contributed by atoms with Gasteiger partial charge in [0.25, 0.3) is 11.6 Å². The molecular formula is C12H12N4O3. The summed E-state index contributed by atoms with van der Waals surface area (Å²) in [5, 5.41) is 17.2. The van der Waals surface area contributed by atoms with Gasteiger partial charge in [0, 0.05) is 24.9 Å². The molecule has 0 aliphatic rings. The van der Waals surface area contributed by atoms with Crippen LogP contribution in [0.4, 0.5) is 11.4 Å². The quantitative estimate of drug-likeness (QED) is 0.674. The second kappa shape index (κ2) is 4.89. The van der Waals surface area contributed by atoms with E-state index in [1.807, 2.05) is 0 Å². The summed E-state index contributed by atoms with van der Waals surface area (Å²) in [7, 11) is 1.68. The molecule has 19 heavy (non-hydrogen) atoms. The average Bonchev–Trinajstić information content (AvgIpc) is 2.69. The van der Waals surface area contributed by atoms with Gasteiger partial charge in [-0.1, -0.05) is 0 Å². The number of carbonyl (C=O) groups is 1. The molecule has 0 spiro atoms. The lowest BCUT2D eigenvalue weighted by Gasteiger charge is -2.04. The van der Waals surface area contributed by atoms with Gasteiger partial charge in [-0.25, -0.2) is 0 Å². The normalized spacial score (nSPS) is 10.2. The van der Waals surface area contributed by atoms with E-state index in [9.17, 15) is 14.9 Å². The zero-order valence-corrected chi connectivity index (χ0v) is 10.5. The van der Waals surface area contributed by atoms with E-state index in [4.69, 9.17) is 0 Å². The first-order chi connectivity index (χ1) is 8.97. The molecule has 0 aliphatic carbocycles. The van der Waals surface area contributed by atoms with Crippen LogP contribution in [0.25, 0.3) is 0 Å². The lowest BCUT2D eigenvalue weighted by atomic mass is 10.2. The van der Waals surface area contributed by atoms with Crippen LogP contribution < -0.4 is 5.32 Å². The number of rotatable bonds is 3. The third kappa shape index (κ3) is 2.76. The second-order valence-corrected chi connectivity index (χ2v) is 4.05. The number of nitro benzene ring substituents is 1. The predicted molar refractivity (Wildman–Crippen MR) is 69.0 cm³/mol. The van der Waals surface area contributed by atoms with Crippen molar-refractivity contribution in [3.05, 3.63) is 51.8 Å². The minimum atomic E-state index is -0.490. The Labute approximate surface area is 109 Å². The molecule has 1 aromatic heterocycles. The molecule has 7 nitrogen and oxygen atoms in total. The number of carbonyl (C=O) groups excluding carboxylic acids is 1. The first kappa shape index (κ1) is 12.7. The van der Waals surface area contributed by atoms with Crippen molar-refractivity contribution in [2.24, 2.45) is 7.05 Å². The van der Waals surface area contributed by atoms with E-state index < -0.39 is 4.92 Å². The number of non-ortho nitro benzene ring substituents is 1. The van der Waals surface area contributed by atoms with E-state index in [2.05, 4.69) is 10.4 Å². The lowest BCUT2D eigenvalue weighted by Crippen LogP contribution is -2.15. The van der Waals surface area contributed by atoms with Gasteiger partial charge in [-0.15, -0.1) is 0 Å². The SMILES string of the molecule is Cc1cc(C(=O)Nc2ccc([N+](=O)[O-])cc2)n(C)n1. The third-order valence-corrected chi connectivity index (χ3v) is 2.57. The van der Waals surface area contributed by atoms with Crippen molar-refractivity contribution >= 4 is 17.3 Å². The molecule has 0 radical (unpaired) electrons. The first-order valence-electron chi connectivity index (χ1n) is 5.54. The molecule has 98 valence electrons. The number of hydrogen-bond donors (Lipinski definition) is 1. The fourth-order valence-corrected chi connectivity index (χ4v) is 1.68. The van der Waals surface area contributed by atoms with Gasteiger partial charge in [-0.2, -0.15) is 5.10 Å². The molecule has 1 aromatic carbocycles. The Hall–Kier alpha value is -2.70. The standard InChI is InChI=1S/C12H12N4O3/c1-8-7-11(15(2)14-8)12(17)13-9-3-5-10(6-4-9)16(18)19/h3-7H,1-2H3,(H,13,17). The number of nitro groups is 1. The van der Waals surface area contributed by atoms with Crippen LogP contribution in [0.3, 0.4) is 0 Å². The summed E-state index contributed by atoms with van der Waals surface area (Å²) in [6.07, 6.45) is 0. The molecule has 0 aliphatic heterocycles. The van der Waals surface area contributed by atoms with Gasteiger partial charge >= 0.3 is 0 Å². The fraction of sp³-hybridized carbons (Fsp3) is 0.167. The topological polar surface area (TPSA) is 90.1 Å². The fourth-order valence-electron chi connectivity index (χ4n) is 1.68. The van der Waals surface area contributed by atoms with Crippen LogP contribution in [0.15, 0.2) is 30.3 Å². The Bertz CT molecular complexity index is 631. The van der Waals surface area contributed by atoms with Crippen LogP contribution in [0.5, 0.6) is 0 Å². The van der Waals surface area contributed by atoms with E-state index in [1.54, 1.807) is 20.0 Å². The highest BCUT2D eigenvalue weighted by Crippen LogP contribution is 2.16. The molecule has 1 amide bonds. The number of amides is 1. The summed E-state index contributed by atoms with van der Waals surface area (Å²) >= 11 is 0. The van der Waals surface area contributed by atoms with Crippen molar-refractivity contribution < 1.29 is 9.72 Å². The van der Waals surface area contributed by atoms with Crippen LogP contribution in [-0.4, -0.2) is 20.6 Å². The van der Waals surface area contributed by atoms with Crippen LogP contribution >= 0.6 is 0 Å². The van der Waals surface area contributed by atoms with Crippen molar-refractivity contribution in [1.29, 1.82) is 0 Å². The highest BCUT2D eigenvalue weighted by atomic mass is 16.6. The maximum Gasteiger partial charge on any atom is 0.273 e. The van der Waals surface area contributed by atoms with E-state index in [1.165, 1.54) is 28.9 Å². The maximum absolute atomic E-state index is 12.0. The lowest BCUT2D eigenvalue weighted by molar-refractivity contribution is -0.384. The molecule has 2 aromatic rings. The Morgan fingerprint density at radius 3 is 2.47 bits per heavy atom. The molecule has 0 unspecified atom stereocenters. The summed E-state index contributed by atoms with van der Waals surface area (Å²) < 4.78 is 1.48. The minimum absolute atomic E-state index is 0.0191. The van der Waals surface area contributed by atoms with E-state index in [-0.39, 0.29) is 11.6 Å². The number of aryl methyl sites for hydroxylation is 2. The highest BCUT2D eigenvalue weighted by Gasteiger charge is 2.12. The van der Waals surface area contributed by atoms with Crippen molar-refractivity contribution in [2.75, 3.05) is 5.32 Å². The smallest absolute Gasteiger partial charge is 0.273 e. The Kier molecular flexibility index (Phi) is 3.28. The average molecular weight is 260 g/mol. The van der Waals surface area contributed by atoms with Crippen LogP contribution in [0, 0.1) is 17.0 Å². The van der Waals surface area contributed by atoms with Crippen molar-refractivity contribution in [2.45, 2.75) is 6.92 Å². The number of nitrogens with zero attached hydrogens (tertiary/aromatic N) is 3. The largest absolute Gasteiger partial charge is 0.321 e. The maximum atomic E-state index is 12.0. The van der Waals surface area contributed by atoms with E-state index in [0.29, 0.717) is 11.4 Å². The second-order valence-electron chi connectivity index (χ2n) is 4.05. The van der Waals surface area contributed by atoms with Gasteiger partial charge in [-0.3, -0.25) is 19.6 Å². The van der Waals surface area contributed by atoms with Gasteiger partial charge in [0.1, 0.15) is 5.69 Å². The third-order valence-electron chi connectivity index (χ3n) is 2.57. The van der Waals surface area contributed by atoms with Crippen LogP contribution in [-0.2, 0) is 7.05 Å². The van der Waals surface area contributed by atoms with Gasteiger partial charge < -0.3 is 5.32 Å². The van der Waals surface area contributed by atoms with Crippen LogP contribution in [0.1, 0.15) is 16.2 Å². The Morgan fingerprint density at radius 1 is 1.37 bits per heavy atom. The summed E-state index contributed by atoms with van der Waals surface area (Å²) in [5.41, 5.74) is 1.65. The van der Waals surface area contributed by atoms with Gasteiger partial charge in [0.15, 0.2) is 0 Å². The van der Waals surface area contributed by atoms with Crippen LogP contribution in [0.2, 0.25) is 0 Å². The molecule has 0 bridgehead atoms. The zero-order valence-electron chi connectivity index (χ0n) is 10.5. The Balaban J connectivity index is 2.15. The molecule has 0 atom stereocenters. The monoisotopic (exact) mass is 260 g/mol. The first-order valence-corrected chi connectivity index (χ1v) is 5.54. The molecule has 0 saturated carbocycles. The summed E-state index contributed by atoms with van der Waals surface area (Å²) in [6, 6.07) is 7.31. The number of hydrogen-bond acceptors (Lipinski definition) is 4. The Morgan fingerprint density at radius 2 is 2.00 bits per heavy atom. The summed E-state index contributed by atoms with van der Waals surface area (Å²) in [4.78, 5) is 22.0. The van der Waals surface area contributed by atoms with E-state index >= 15 is 0 Å². The molecular weight excluding hydrogens is 248 g/mol. The predicted octanol–water partition coefficient (Wildman–Crippen LogP) is 1.89.